The smallest absolute Gasteiger partial charge is 0.349 e. The van der Waals surface area contributed by atoms with Crippen molar-refractivity contribution in [1.82, 2.24) is 4.98 Å². The SMILES string of the molecule is COC(=O)c1cnc(NC(=O)C(CC2CCCC2)c2ccc(Cl)c(Cl)c2)s1. The summed E-state index contributed by atoms with van der Waals surface area (Å²) in [6.45, 7) is 0. The van der Waals surface area contributed by atoms with Gasteiger partial charge >= 0.3 is 5.97 Å². The summed E-state index contributed by atoms with van der Waals surface area (Å²) in [5.74, 6) is -0.475. The summed E-state index contributed by atoms with van der Waals surface area (Å²) in [5, 5.41) is 4.10. The predicted octanol–water partition coefficient (Wildman–Crippen LogP) is 5.54. The number of aromatic nitrogens is 1. The zero-order valence-electron chi connectivity index (χ0n) is 14.8. The number of nitrogens with zero attached hydrogens (tertiary/aromatic N) is 1. The van der Waals surface area contributed by atoms with E-state index in [1.807, 2.05) is 6.07 Å². The van der Waals surface area contributed by atoms with Gasteiger partial charge in [0.15, 0.2) is 5.13 Å². The third kappa shape index (κ3) is 5.00. The van der Waals surface area contributed by atoms with Crippen LogP contribution in [-0.2, 0) is 9.53 Å². The van der Waals surface area contributed by atoms with Crippen LogP contribution in [0.4, 0.5) is 5.13 Å². The molecule has 0 saturated heterocycles. The summed E-state index contributed by atoms with van der Waals surface area (Å²) >= 11 is 13.3. The molecule has 0 spiro atoms. The molecule has 1 fully saturated rings. The minimum absolute atomic E-state index is 0.161. The van der Waals surface area contributed by atoms with Crippen LogP contribution in [0.25, 0.3) is 0 Å². The van der Waals surface area contributed by atoms with Crippen molar-refractivity contribution in [3.63, 3.8) is 0 Å². The third-order valence-electron chi connectivity index (χ3n) is 4.83. The quantitative estimate of drug-likeness (QED) is 0.615. The second-order valence-corrected chi connectivity index (χ2v) is 8.47. The van der Waals surface area contributed by atoms with E-state index in [0.29, 0.717) is 26.0 Å². The average molecular weight is 427 g/mol. The lowest BCUT2D eigenvalue weighted by molar-refractivity contribution is -0.118. The molecule has 2 aromatic rings. The maximum absolute atomic E-state index is 13.0. The van der Waals surface area contributed by atoms with Crippen LogP contribution in [0.1, 0.15) is 53.3 Å². The zero-order chi connectivity index (χ0) is 19.4. The molecule has 1 aliphatic carbocycles. The Morgan fingerprint density at radius 1 is 1.30 bits per heavy atom. The summed E-state index contributed by atoms with van der Waals surface area (Å²) in [7, 11) is 1.31. The van der Waals surface area contributed by atoms with Gasteiger partial charge in [-0.2, -0.15) is 0 Å². The first-order valence-corrected chi connectivity index (χ1v) is 10.3. The molecule has 1 aromatic heterocycles. The fourth-order valence-electron chi connectivity index (χ4n) is 3.42. The van der Waals surface area contributed by atoms with Crippen LogP contribution in [0, 0.1) is 5.92 Å². The number of hydrogen-bond acceptors (Lipinski definition) is 5. The molecule has 1 N–H and O–H groups in total. The van der Waals surface area contributed by atoms with Crippen LogP contribution in [0.2, 0.25) is 10.0 Å². The highest BCUT2D eigenvalue weighted by molar-refractivity contribution is 7.17. The van der Waals surface area contributed by atoms with Gasteiger partial charge in [0, 0.05) is 0 Å². The van der Waals surface area contributed by atoms with Crippen molar-refractivity contribution in [2.75, 3.05) is 12.4 Å². The summed E-state index contributed by atoms with van der Waals surface area (Å²) < 4.78 is 4.68. The molecule has 0 bridgehead atoms. The van der Waals surface area contributed by atoms with Gasteiger partial charge in [0.1, 0.15) is 4.88 Å². The summed E-state index contributed by atoms with van der Waals surface area (Å²) in [4.78, 5) is 29.0. The Hall–Kier alpha value is -1.63. The van der Waals surface area contributed by atoms with Gasteiger partial charge in [-0.05, 0) is 30.0 Å². The second kappa shape index (κ2) is 9.04. The van der Waals surface area contributed by atoms with Gasteiger partial charge in [0.2, 0.25) is 5.91 Å². The van der Waals surface area contributed by atoms with E-state index in [2.05, 4.69) is 15.0 Å². The number of amides is 1. The van der Waals surface area contributed by atoms with Crippen molar-refractivity contribution in [2.24, 2.45) is 5.92 Å². The van der Waals surface area contributed by atoms with Gasteiger partial charge < -0.3 is 10.1 Å². The standard InChI is InChI=1S/C19H20Cl2N2O3S/c1-26-18(25)16-10-22-19(27-16)23-17(24)13(8-11-4-2-3-5-11)12-6-7-14(20)15(21)9-12/h6-7,9-11,13H,2-5,8H2,1H3,(H,22,23,24). The summed E-state index contributed by atoms with van der Waals surface area (Å²) in [6.07, 6.45) is 6.82. The fourth-order valence-corrected chi connectivity index (χ4v) is 4.47. The number of halogens is 2. The van der Waals surface area contributed by atoms with E-state index in [4.69, 9.17) is 23.2 Å². The van der Waals surface area contributed by atoms with E-state index in [1.165, 1.54) is 26.1 Å². The Kier molecular flexibility index (Phi) is 6.73. The number of rotatable bonds is 6. The molecule has 1 heterocycles. The normalized spacial score (nSPS) is 15.5. The van der Waals surface area contributed by atoms with E-state index >= 15 is 0 Å². The molecule has 1 aliphatic rings. The first kappa shape index (κ1) is 20.1. The first-order valence-electron chi connectivity index (χ1n) is 8.78. The van der Waals surface area contributed by atoms with E-state index in [9.17, 15) is 9.59 Å². The second-order valence-electron chi connectivity index (χ2n) is 6.62. The molecule has 1 saturated carbocycles. The fraction of sp³-hybridized carbons (Fsp3) is 0.421. The number of hydrogen-bond donors (Lipinski definition) is 1. The third-order valence-corrected chi connectivity index (χ3v) is 6.46. The van der Waals surface area contributed by atoms with Gasteiger partial charge in [0.05, 0.1) is 29.3 Å². The van der Waals surface area contributed by atoms with Crippen molar-refractivity contribution in [1.29, 1.82) is 0 Å². The Bertz CT molecular complexity index is 834. The van der Waals surface area contributed by atoms with Crippen LogP contribution >= 0.6 is 34.5 Å². The predicted molar refractivity (Wildman–Crippen MR) is 108 cm³/mol. The molecular formula is C19H20Cl2N2O3S. The molecule has 1 amide bonds. The van der Waals surface area contributed by atoms with E-state index in [-0.39, 0.29) is 11.8 Å². The monoisotopic (exact) mass is 426 g/mol. The lowest BCUT2D eigenvalue weighted by atomic mass is 9.87. The van der Waals surface area contributed by atoms with Crippen LogP contribution in [0.5, 0.6) is 0 Å². The molecular weight excluding hydrogens is 407 g/mol. The molecule has 5 nitrogen and oxygen atoms in total. The van der Waals surface area contributed by atoms with Crippen molar-refractivity contribution in [2.45, 2.75) is 38.0 Å². The average Bonchev–Trinajstić information content (AvgIpc) is 3.33. The Balaban J connectivity index is 1.80. The molecule has 8 heteroatoms. The lowest BCUT2D eigenvalue weighted by Crippen LogP contribution is -2.23. The van der Waals surface area contributed by atoms with Gasteiger partial charge in [-0.1, -0.05) is 66.3 Å². The Labute approximate surface area is 172 Å². The minimum Gasteiger partial charge on any atom is -0.465 e. The Morgan fingerprint density at radius 3 is 2.70 bits per heavy atom. The van der Waals surface area contributed by atoms with Crippen molar-refractivity contribution in [3.05, 3.63) is 44.9 Å². The molecule has 27 heavy (non-hydrogen) atoms. The van der Waals surface area contributed by atoms with Crippen LogP contribution in [-0.4, -0.2) is 24.0 Å². The van der Waals surface area contributed by atoms with Gasteiger partial charge in [-0.15, -0.1) is 0 Å². The number of nitrogens with one attached hydrogen (secondary N) is 1. The molecule has 3 rings (SSSR count). The molecule has 1 atom stereocenters. The van der Waals surface area contributed by atoms with Gasteiger partial charge in [-0.25, -0.2) is 9.78 Å². The molecule has 0 aliphatic heterocycles. The number of carbonyl (C=O) groups is 2. The first-order chi connectivity index (χ1) is 13.0. The number of carbonyl (C=O) groups excluding carboxylic acids is 2. The van der Waals surface area contributed by atoms with Crippen LogP contribution in [0.15, 0.2) is 24.4 Å². The summed E-state index contributed by atoms with van der Waals surface area (Å²) in [5.41, 5.74) is 0.832. The van der Waals surface area contributed by atoms with Crippen molar-refractivity contribution in [3.8, 4) is 0 Å². The molecule has 1 aromatic carbocycles. The van der Waals surface area contributed by atoms with Crippen LogP contribution < -0.4 is 5.32 Å². The van der Waals surface area contributed by atoms with Gasteiger partial charge in [0.25, 0.3) is 0 Å². The van der Waals surface area contributed by atoms with E-state index in [0.717, 1.165) is 36.2 Å². The highest BCUT2D eigenvalue weighted by Crippen LogP contribution is 2.36. The molecule has 0 radical (unpaired) electrons. The maximum Gasteiger partial charge on any atom is 0.349 e. The maximum atomic E-state index is 13.0. The van der Waals surface area contributed by atoms with E-state index < -0.39 is 5.97 Å². The number of thiazole rings is 1. The van der Waals surface area contributed by atoms with Crippen molar-refractivity contribution >= 4 is 51.5 Å². The molecule has 1 unspecified atom stereocenters. The topological polar surface area (TPSA) is 68.3 Å². The minimum atomic E-state index is -0.472. The van der Waals surface area contributed by atoms with E-state index in [1.54, 1.807) is 12.1 Å². The van der Waals surface area contributed by atoms with Crippen molar-refractivity contribution < 1.29 is 14.3 Å². The van der Waals surface area contributed by atoms with Gasteiger partial charge in [-0.3, -0.25) is 4.79 Å². The number of methoxy groups -OCH3 is 1. The summed E-state index contributed by atoms with van der Waals surface area (Å²) in [6, 6.07) is 5.31. The highest BCUT2D eigenvalue weighted by atomic mass is 35.5. The number of anilines is 1. The Morgan fingerprint density at radius 2 is 2.04 bits per heavy atom. The molecule has 144 valence electrons. The number of benzene rings is 1. The zero-order valence-corrected chi connectivity index (χ0v) is 17.2. The van der Waals surface area contributed by atoms with Crippen LogP contribution in [0.3, 0.4) is 0 Å². The number of esters is 1. The highest BCUT2D eigenvalue weighted by Gasteiger charge is 2.28. The lowest BCUT2D eigenvalue weighted by Gasteiger charge is -2.20. The number of ether oxygens (including phenoxy) is 1. The largest absolute Gasteiger partial charge is 0.465 e.